The molecule has 0 saturated heterocycles. The minimum atomic E-state index is 0.490. The third-order valence-electron chi connectivity index (χ3n) is 2.87. The highest BCUT2D eigenvalue weighted by atomic mass is 16.5. The molecule has 0 aromatic heterocycles. The molecule has 0 radical (unpaired) electrons. The summed E-state index contributed by atoms with van der Waals surface area (Å²) in [6.45, 7) is 3.57. The molecule has 1 aliphatic heterocycles. The van der Waals surface area contributed by atoms with Crippen LogP contribution in [0.25, 0.3) is 0 Å². The first kappa shape index (κ1) is 9.00. The van der Waals surface area contributed by atoms with E-state index in [9.17, 15) is 0 Å². The first-order valence-corrected chi connectivity index (χ1v) is 5.33. The largest absolute Gasteiger partial charge is 0.480 e. The van der Waals surface area contributed by atoms with E-state index in [2.05, 4.69) is 10.3 Å². The van der Waals surface area contributed by atoms with Crippen molar-refractivity contribution < 1.29 is 4.74 Å². The summed E-state index contributed by atoms with van der Waals surface area (Å²) in [7, 11) is 0. The molecule has 3 heteroatoms. The van der Waals surface area contributed by atoms with Gasteiger partial charge in [0, 0.05) is 6.04 Å². The second-order valence-corrected chi connectivity index (χ2v) is 3.80. The average Bonchev–Trinajstić information content (AvgIpc) is 2.18. The van der Waals surface area contributed by atoms with Crippen LogP contribution >= 0.6 is 0 Å². The van der Waals surface area contributed by atoms with Crippen molar-refractivity contribution in [3.8, 4) is 0 Å². The minimum absolute atomic E-state index is 0.490. The molecule has 1 saturated carbocycles. The number of aliphatic imine (C=N–C) groups is 1. The summed E-state index contributed by atoms with van der Waals surface area (Å²) < 4.78 is 5.42. The molecule has 2 aliphatic rings. The van der Waals surface area contributed by atoms with Crippen LogP contribution in [0.5, 0.6) is 0 Å². The standard InChI is InChI=1S/C10H18N2O/c1-2-13-10-7-11-8-5-3-4-6-9(8)12-10/h8-9,11H,2-7H2,1H3. The number of hydrogen-bond donors (Lipinski definition) is 1. The summed E-state index contributed by atoms with van der Waals surface area (Å²) in [5.41, 5.74) is 0. The molecule has 0 spiro atoms. The van der Waals surface area contributed by atoms with Gasteiger partial charge in [-0.15, -0.1) is 0 Å². The fourth-order valence-corrected chi connectivity index (χ4v) is 2.21. The molecule has 1 aliphatic carbocycles. The van der Waals surface area contributed by atoms with Crippen LogP contribution in [-0.4, -0.2) is 31.1 Å². The second kappa shape index (κ2) is 4.09. The van der Waals surface area contributed by atoms with Gasteiger partial charge in [-0.3, -0.25) is 0 Å². The Kier molecular flexibility index (Phi) is 2.83. The molecule has 2 atom stereocenters. The maximum Gasteiger partial charge on any atom is 0.197 e. The maximum atomic E-state index is 5.42. The van der Waals surface area contributed by atoms with E-state index in [0.717, 1.165) is 19.0 Å². The van der Waals surface area contributed by atoms with Gasteiger partial charge in [0.1, 0.15) is 0 Å². The summed E-state index contributed by atoms with van der Waals surface area (Å²) in [5, 5.41) is 3.50. The van der Waals surface area contributed by atoms with E-state index in [1.807, 2.05) is 6.92 Å². The van der Waals surface area contributed by atoms with Crippen LogP contribution in [0.15, 0.2) is 4.99 Å². The SMILES string of the molecule is CCOC1=NC2CCCCC2NC1. The summed E-state index contributed by atoms with van der Waals surface area (Å²) in [6, 6.07) is 1.11. The van der Waals surface area contributed by atoms with Gasteiger partial charge < -0.3 is 10.1 Å². The normalized spacial score (nSPS) is 33.5. The zero-order chi connectivity index (χ0) is 9.10. The molecule has 0 aromatic rings. The van der Waals surface area contributed by atoms with E-state index in [1.54, 1.807) is 0 Å². The molecule has 0 bridgehead atoms. The van der Waals surface area contributed by atoms with Crippen LogP contribution in [0.4, 0.5) is 0 Å². The number of hydrogen-bond acceptors (Lipinski definition) is 3. The maximum absolute atomic E-state index is 5.42. The second-order valence-electron chi connectivity index (χ2n) is 3.80. The van der Waals surface area contributed by atoms with Crippen LogP contribution in [-0.2, 0) is 4.74 Å². The smallest absolute Gasteiger partial charge is 0.197 e. The van der Waals surface area contributed by atoms with Crippen molar-refractivity contribution in [2.24, 2.45) is 4.99 Å². The van der Waals surface area contributed by atoms with Gasteiger partial charge in [0.2, 0.25) is 0 Å². The zero-order valence-electron chi connectivity index (χ0n) is 8.25. The Balaban J connectivity index is 1.98. The number of fused-ring (bicyclic) bond motifs is 1. The lowest BCUT2D eigenvalue weighted by atomic mass is 9.90. The number of rotatable bonds is 1. The quantitative estimate of drug-likeness (QED) is 0.664. The van der Waals surface area contributed by atoms with Crippen LogP contribution in [0.2, 0.25) is 0 Å². The van der Waals surface area contributed by atoms with Crippen LogP contribution in [0.1, 0.15) is 32.6 Å². The number of ether oxygens (including phenoxy) is 1. The predicted octanol–water partition coefficient (Wildman–Crippen LogP) is 1.34. The highest BCUT2D eigenvalue weighted by molar-refractivity contribution is 5.79. The summed E-state index contributed by atoms with van der Waals surface area (Å²) in [4.78, 5) is 4.63. The lowest BCUT2D eigenvalue weighted by molar-refractivity contribution is 0.270. The molecule has 2 unspecified atom stereocenters. The fourth-order valence-electron chi connectivity index (χ4n) is 2.21. The van der Waals surface area contributed by atoms with Gasteiger partial charge in [-0.1, -0.05) is 12.8 Å². The lowest BCUT2D eigenvalue weighted by Crippen LogP contribution is -2.48. The molecule has 0 amide bonds. The van der Waals surface area contributed by atoms with Gasteiger partial charge in [0.25, 0.3) is 0 Å². The lowest BCUT2D eigenvalue weighted by Gasteiger charge is -2.33. The zero-order valence-corrected chi connectivity index (χ0v) is 8.25. The Bertz CT molecular complexity index is 203. The number of nitrogens with zero attached hydrogens (tertiary/aromatic N) is 1. The molecule has 1 fully saturated rings. The van der Waals surface area contributed by atoms with Crippen LogP contribution in [0.3, 0.4) is 0 Å². The van der Waals surface area contributed by atoms with Crippen molar-refractivity contribution in [2.75, 3.05) is 13.2 Å². The van der Waals surface area contributed by atoms with Gasteiger partial charge in [0.05, 0.1) is 19.2 Å². The average molecular weight is 182 g/mol. The van der Waals surface area contributed by atoms with E-state index in [0.29, 0.717) is 12.1 Å². The third-order valence-corrected chi connectivity index (χ3v) is 2.87. The van der Waals surface area contributed by atoms with Gasteiger partial charge in [0.15, 0.2) is 5.90 Å². The summed E-state index contributed by atoms with van der Waals surface area (Å²) >= 11 is 0. The van der Waals surface area contributed by atoms with Crippen molar-refractivity contribution in [3.05, 3.63) is 0 Å². The molecule has 74 valence electrons. The Labute approximate surface area is 79.6 Å². The third kappa shape index (κ3) is 2.02. The van der Waals surface area contributed by atoms with Crippen LogP contribution < -0.4 is 5.32 Å². The van der Waals surface area contributed by atoms with Gasteiger partial charge in [-0.2, -0.15) is 0 Å². The Hall–Kier alpha value is -0.570. The Morgan fingerprint density at radius 2 is 2.31 bits per heavy atom. The molecule has 0 aromatic carbocycles. The molecular weight excluding hydrogens is 164 g/mol. The van der Waals surface area contributed by atoms with Crippen molar-refractivity contribution in [3.63, 3.8) is 0 Å². The predicted molar refractivity (Wildman–Crippen MR) is 53.1 cm³/mol. The summed E-state index contributed by atoms with van der Waals surface area (Å²) in [6.07, 6.45) is 5.20. The molecule has 2 rings (SSSR count). The van der Waals surface area contributed by atoms with E-state index < -0.39 is 0 Å². The Morgan fingerprint density at radius 3 is 3.15 bits per heavy atom. The monoisotopic (exact) mass is 182 g/mol. The molecular formula is C10H18N2O. The van der Waals surface area contributed by atoms with Gasteiger partial charge in [-0.05, 0) is 19.8 Å². The summed E-state index contributed by atoms with van der Waals surface area (Å²) in [5.74, 6) is 0.908. The van der Waals surface area contributed by atoms with E-state index in [1.165, 1.54) is 25.7 Å². The first-order valence-electron chi connectivity index (χ1n) is 5.33. The molecule has 3 nitrogen and oxygen atoms in total. The minimum Gasteiger partial charge on any atom is -0.480 e. The van der Waals surface area contributed by atoms with Crippen LogP contribution in [0, 0.1) is 0 Å². The highest BCUT2D eigenvalue weighted by Crippen LogP contribution is 2.23. The topological polar surface area (TPSA) is 33.6 Å². The van der Waals surface area contributed by atoms with Crippen molar-refractivity contribution >= 4 is 5.90 Å². The number of nitrogens with one attached hydrogen (secondary N) is 1. The van der Waals surface area contributed by atoms with E-state index in [4.69, 9.17) is 4.74 Å². The van der Waals surface area contributed by atoms with Crippen molar-refractivity contribution in [1.29, 1.82) is 0 Å². The fraction of sp³-hybridized carbons (Fsp3) is 0.900. The van der Waals surface area contributed by atoms with E-state index >= 15 is 0 Å². The van der Waals surface area contributed by atoms with Gasteiger partial charge in [-0.25, -0.2) is 4.99 Å². The first-order chi connectivity index (χ1) is 6.40. The molecule has 1 heterocycles. The van der Waals surface area contributed by atoms with E-state index in [-0.39, 0.29) is 0 Å². The Morgan fingerprint density at radius 1 is 1.46 bits per heavy atom. The van der Waals surface area contributed by atoms with Crippen molar-refractivity contribution in [2.45, 2.75) is 44.7 Å². The molecule has 1 N–H and O–H groups in total. The van der Waals surface area contributed by atoms with Crippen molar-refractivity contribution in [1.82, 2.24) is 5.32 Å². The molecule has 13 heavy (non-hydrogen) atoms. The highest BCUT2D eigenvalue weighted by Gasteiger charge is 2.28. The van der Waals surface area contributed by atoms with Gasteiger partial charge >= 0.3 is 0 Å².